The van der Waals surface area contributed by atoms with Crippen LogP contribution in [0.5, 0.6) is 5.75 Å². The summed E-state index contributed by atoms with van der Waals surface area (Å²) in [6.45, 7) is 18.1. The number of pyridine rings is 2. The Labute approximate surface area is 265 Å². The number of nitrogens with one attached hydrogen (secondary N) is 1. The minimum atomic E-state index is -0.968. The van der Waals surface area contributed by atoms with E-state index in [0.717, 1.165) is 54.9 Å². The molecule has 3 heterocycles. The highest BCUT2D eigenvalue weighted by atomic mass is 19.1. The quantitative estimate of drug-likeness (QED) is 0.172. The van der Waals surface area contributed by atoms with E-state index in [-0.39, 0.29) is 23.9 Å². The minimum Gasteiger partial charge on any atom is -0.489 e. The van der Waals surface area contributed by atoms with Gasteiger partial charge in [-0.25, -0.2) is 18.6 Å². The molecule has 0 radical (unpaired) electrons. The highest BCUT2D eigenvalue weighted by molar-refractivity contribution is 5.87. The molecule has 4 rings (SSSR count). The second-order valence-electron chi connectivity index (χ2n) is 13.5. The van der Waals surface area contributed by atoms with Crippen LogP contribution in [0.4, 0.5) is 20.3 Å². The Morgan fingerprint density at radius 2 is 1.78 bits per heavy atom. The monoisotopic (exact) mass is 624 g/mol. The summed E-state index contributed by atoms with van der Waals surface area (Å²) in [6, 6.07) is 7.02. The standard InChI is InChI=1S/C35H46F2N4O4/c1-22(2)44-33(42)32(45-34(4,5)6)30-23(3)39-21-26(31(30)41-16-13-35(7,8)14-17-41)24-9-12-29(40-20-24)38-15-18-43-28-11-10-25(36)19-27(28)37/h9-12,19-22,32H,13-18H2,1-8H3,(H,38,40)/t32-/m0/s1. The van der Waals surface area contributed by atoms with Crippen molar-refractivity contribution in [1.82, 2.24) is 9.97 Å². The number of ether oxygens (including phenoxy) is 3. The molecule has 0 unspecified atom stereocenters. The van der Waals surface area contributed by atoms with Crippen LogP contribution in [0.25, 0.3) is 11.1 Å². The number of piperidine rings is 1. The predicted octanol–water partition coefficient (Wildman–Crippen LogP) is 7.66. The van der Waals surface area contributed by atoms with E-state index >= 15 is 0 Å². The Hall–Kier alpha value is -3.79. The number of aromatic nitrogens is 2. The molecular formula is C35H46F2N4O4. The minimum absolute atomic E-state index is 0.0103. The largest absolute Gasteiger partial charge is 0.489 e. The highest BCUT2D eigenvalue weighted by Gasteiger charge is 2.37. The number of aryl methyl sites for hydroxylation is 1. The predicted molar refractivity (Wildman–Crippen MR) is 173 cm³/mol. The van der Waals surface area contributed by atoms with Gasteiger partial charge in [-0.15, -0.1) is 0 Å². The lowest BCUT2D eigenvalue weighted by Crippen LogP contribution is -2.39. The summed E-state index contributed by atoms with van der Waals surface area (Å²) in [6.07, 6.45) is 4.33. The van der Waals surface area contributed by atoms with Crippen LogP contribution in [-0.2, 0) is 14.3 Å². The summed E-state index contributed by atoms with van der Waals surface area (Å²) < 4.78 is 44.6. The average Bonchev–Trinajstić information content (AvgIpc) is 2.95. The fourth-order valence-electron chi connectivity index (χ4n) is 5.27. The lowest BCUT2D eigenvalue weighted by molar-refractivity contribution is -0.171. The molecule has 10 heteroatoms. The molecular weight excluding hydrogens is 578 g/mol. The molecule has 0 aliphatic carbocycles. The van der Waals surface area contributed by atoms with Crippen molar-refractivity contribution in [3.05, 3.63) is 65.6 Å². The number of carbonyl (C=O) groups excluding carboxylic acids is 1. The molecule has 1 aliphatic rings. The van der Waals surface area contributed by atoms with Crippen molar-refractivity contribution >= 4 is 17.5 Å². The van der Waals surface area contributed by atoms with Gasteiger partial charge in [0.25, 0.3) is 0 Å². The van der Waals surface area contributed by atoms with Gasteiger partial charge in [0.1, 0.15) is 18.2 Å². The Kier molecular flexibility index (Phi) is 10.7. The van der Waals surface area contributed by atoms with Gasteiger partial charge in [-0.05, 0) is 84.1 Å². The van der Waals surface area contributed by atoms with Crippen LogP contribution in [0.1, 0.15) is 78.7 Å². The molecule has 1 N–H and O–H groups in total. The van der Waals surface area contributed by atoms with Gasteiger partial charge in [-0.2, -0.15) is 0 Å². The first-order valence-corrected chi connectivity index (χ1v) is 15.5. The van der Waals surface area contributed by atoms with E-state index in [1.165, 1.54) is 6.07 Å². The van der Waals surface area contributed by atoms with E-state index in [9.17, 15) is 13.6 Å². The number of esters is 1. The molecule has 1 aliphatic heterocycles. The molecule has 1 aromatic carbocycles. The Bertz CT molecular complexity index is 1460. The smallest absolute Gasteiger partial charge is 0.340 e. The number of anilines is 2. The van der Waals surface area contributed by atoms with Gasteiger partial charge >= 0.3 is 5.97 Å². The number of benzene rings is 1. The summed E-state index contributed by atoms with van der Waals surface area (Å²) in [5.74, 6) is -1.25. The maximum absolute atomic E-state index is 13.9. The van der Waals surface area contributed by atoms with E-state index in [1.807, 2.05) is 59.9 Å². The molecule has 1 atom stereocenters. The molecule has 244 valence electrons. The molecule has 1 saturated heterocycles. The lowest BCUT2D eigenvalue weighted by Gasteiger charge is -2.41. The second-order valence-corrected chi connectivity index (χ2v) is 13.5. The number of carbonyl (C=O) groups is 1. The van der Waals surface area contributed by atoms with Crippen LogP contribution in [-0.4, -0.2) is 53.9 Å². The first-order chi connectivity index (χ1) is 21.1. The third-order valence-electron chi connectivity index (χ3n) is 7.65. The molecule has 0 spiro atoms. The van der Waals surface area contributed by atoms with Crippen LogP contribution < -0.4 is 15.0 Å². The Morgan fingerprint density at radius 1 is 1.07 bits per heavy atom. The number of hydrogen-bond donors (Lipinski definition) is 1. The van der Waals surface area contributed by atoms with Crippen LogP contribution in [0.2, 0.25) is 0 Å². The Morgan fingerprint density at radius 3 is 2.38 bits per heavy atom. The fraction of sp³-hybridized carbons (Fsp3) is 0.514. The average molecular weight is 625 g/mol. The van der Waals surface area contributed by atoms with E-state index in [4.69, 9.17) is 19.2 Å². The summed E-state index contributed by atoms with van der Waals surface area (Å²) in [7, 11) is 0. The van der Waals surface area contributed by atoms with Crippen LogP contribution in [0.15, 0.2) is 42.7 Å². The topological polar surface area (TPSA) is 85.8 Å². The fourth-order valence-corrected chi connectivity index (χ4v) is 5.27. The molecule has 2 aromatic heterocycles. The number of nitrogens with zero attached hydrogens (tertiary/aromatic N) is 3. The van der Waals surface area contributed by atoms with Gasteiger partial charge in [0.2, 0.25) is 0 Å². The second kappa shape index (κ2) is 14.1. The van der Waals surface area contributed by atoms with E-state index < -0.39 is 29.3 Å². The molecule has 0 saturated carbocycles. The van der Waals surface area contributed by atoms with Crippen molar-refractivity contribution in [1.29, 1.82) is 0 Å². The number of halogens is 2. The van der Waals surface area contributed by atoms with E-state index in [1.54, 1.807) is 6.20 Å². The Balaban J connectivity index is 1.65. The number of rotatable bonds is 11. The molecule has 1 fully saturated rings. The normalized spacial score (nSPS) is 15.6. The molecule has 3 aromatic rings. The first kappa shape index (κ1) is 34.1. The summed E-state index contributed by atoms with van der Waals surface area (Å²) in [4.78, 5) is 25.3. The number of hydrogen-bond acceptors (Lipinski definition) is 8. The van der Waals surface area contributed by atoms with Gasteiger partial charge in [-0.1, -0.05) is 13.8 Å². The first-order valence-electron chi connectivity index (χ1n) is 15.5. The van der Waals surface area contributed by atoms with Crippen molar-refractivity contribution in [3.63, 3.8) is 0 Å². The third-order valence-corrected chi connectivity index (χ3v) is 7.65. The summed E-state index contributed by atoms with van der Waals surface area (Å²) >= 11 is 0. The molecule has 0 bridgehead atoms. The zero-order valence-electron chi connectivity index (χ0n) is 27.7. The van der Waals surface area contributed by atoms with Gasteiger partial charge in [-0.3, -0.25) is 4.98 Å². The third kappa shape index (κ3) is 9.12. The van der Waals surface area contributed by atoms with Crippen molar-refractivity contribution in [2.45, 2.75) is 86.0 Å². The zero-order valence-corrected chi connectivity index (χ0v) is 27.7. The van der Waals surface area contributed by atoms with Crippen molar-refractivity contribution in [2.24, 2.45) is 5.41 Å². The zero-order chi connectivity index (χ0) is 32.9. The maximum atomic E-state index is 13.9. The SMILES string of the molecule is Cc1ncc(-c2ccc(NCCOc3ccc(F)cc3F)nc2)c(N2CCC(C)(C)CC2)c1[C@H](OC(C)(C)C)C(=O)OC(C)C. The molecule has 45 heavy (non-hydrogen) atoms. The molecule has 0 amide bonds. The highest BCUT2D eigenvalue weighted by Crippen LogP contribution is 2.43. The molecule has 8 nitrogen and oxygen atoms in total. The van der Waals surface area contributed by atoms with Gasteiger partial charge < -0.3 is 24.4 Å². The van der Waals surface area contributed by atoms with Crippen LogP contribution >= 0.6 is 0 Å². The van der Waals surface area contributed by atoms with Gasteiger partial charge in [0.15, 0.2) is 17.7 Å². The summed E-state index contributed by atoms with van der Waals surface area (Å²) in [5.41, 5.74) is 3.61. The van der Waals surface area contributed by atoms with Crippen molar-refractivity contribution < 1.29 is 27.8 Å². The summed E-state index contributed by atoms with van der Waals surface area (Å²) in [5, 5.41) is 3.17. The maximum Gasteiger partial charge on any atom is 0.340 e. The van der Waals surface area contributed by atoms with Gasteiger partial charge in [0, 0.05) is 53.9 Å². The van der Waals surface area contributed by atoms with Crippen LogP contribution in [0.3, 0.4) is 0 Å². The van der Waals surface area contributed by atoms with Crippen molar-refractivity contribution in [2.75, 3.05) is 36.5 Å². The van der Waals surface area contributed by atoms with Crippen molar-refractivity contribution in [3.8, 4) is 16.9 Å². The van der Waals surface area contributed by atoms with Gasteiger partial charge in [0.05, 0.1) is 23.9 Å². The van der Waals surface area contributed by atoms with E-state index in [0.29, 0.717) is 23.6 Å². The van der Waals surface area contributed by atoms with Crippen LogP contribution in [0, 0.1) is 24.0 Å². The van der Waals surface area contributed by atoms with E-state index in [2.05, 4.69) is 29.0 Å². The lowest BCUT2D eigenvalue weighted by atomic mass is 9.82.